The van der Waals surface area contributed by atoms with Gasteiger partial charge in [0.05, 0.1) is 13.7 Å². The van der Waals surface area contributed by atoms with Crippen LogP contribution in [-0.2, 0) is 9.53 Å². The maximum Gasteiger partial charge on any atom is 0.341 e. The highest BCUT2D eigenvalue weighted by molar-refractivity contribution is 7.17. The van der Waals surface area contributed by atoms with Crippen molar-refractivity contribution in [1.82, 2.24) is 0 Å². The number of anilines is 1. The molecule has 0 fully saturated rings. The molecule has 0 saturated carbocycles. The highest BCUT2D eigenvalue weighted by Crippen LogP contribution is 2.40. The van der Waals surface area contributed by atoms with Crippen molar-refractivity contribution in [2.75, 3.05) is 19.0 Å². The monoisotopic (exact) mass is 453 g/mol. The molecule has 0 aliphatic heterocycles. The van der Waals surface area contributed by atoms with E-state index in [4.69, 9.17) is 9.47 Å². The van der Waals surface area contributed by atoms with Gasteiger partial charge >= 0.3 is 5.97 Å². The number of halogens is 1. The first-order valence-corrected chi connectivity index (χ1v) is 10.9. The fourth-order valence-corrected chi connectivity index (χ4v) is 4.24. The molecule has 1 amide bonds. The second kappa shape index (κ2) is 10.7. The number of nitrogens with one attached hydrogen (secondary N) is 1. The molecule has 0 bridgehead atoms. The first-order chi connectivity index (χ1) is 15.4. The van der Waals surface area contributed by atoms with Gasteiger partial charge in [0, 0.05) is 22.1 Å². The van der Waals surface area contributed by atoms with Crippen LogP contribution in [0.5, 0.6) is 5.75 Å². The predicted octanol–water partition coefficient (Wildman–Crippen LogP) is 6.09. The molecule has 3 rings (SSSR count). The average Bonchev–Trinajstić information content (AvgIpc) is 3.12. The molecule has 5 nitrogen and oxygen atoms in total. The highest BCUT2D eigenvalue weighted by atomic mass is 32.1. The summed E-state index contributed by atoms with van der Waals surface area (Å²) in [7, 11) is 1.28. The minimum atomic E-state index is -0.578. The lowest BCUT2D eigenvalue weighted by Crippen LogP contribution is -2.11. The summed E-state index contributed by atoms with van der Waals surface area (Å²) in [4.78, 5) is 26.0. The van der Waals surface area contributed by atoms with E-state index in [0.717, 1.165) is 16.9 Å². The first kappa shape index (κ1) is 23.2. The number of ether oxygens (including phenoxy) is 2. The number of aryl methyl sites for hydroxylation is 1. The Morgan fingerprint density at radius 2 is 1.84 bits per heavy atom. The van der Waals surface area contributed by atoms with Crippen LogP contribution in [0.15, 0.2) is 54.6 Å². The van der Waals surface area contributed by atoms with Gasteiger partial charge in [0.1, 0.15) is 22.1 Å². The highest BCUT2D eigenvalue weighted by Gasteiger charge is 2.24. The van der Waals surface area contributed by atoms with Gasteiger partial charge in [-0.3, -0.25) is 4.79 Å². The van der Waals surface area contributed by atoms with Crippen molar-refractivity contribution in [3.8, 4) is 16.9 Å². The summed E-state index contributed by atoms with van der Waals surface area (Å²) >= 11 is 1.26. The third kappa shape index (κ3) is 5.42. The van der Waals surface area contributed by atoms with Gasteiger partial charge in [-0.15, -0.1) is 11.3 Å². The van der Waals surface area contributed by atoms with Gasteiger partial charge in [0.15, 0.2) is 0 Å². The molecule has 0 aliphatic carbocycles. The number of carbonyl (C=O) groups excluding carboxylic acids is 2. The van der Waals surface area contributed by atoms with Crippen molar-refractivity contribution in [3.63, 3.8) is 0 Å². The maximum absolute atomic E-state index is 13.4. The smallest absolute Gasteiger partial charge is 0.341 e. The molecule has 0 unspecified atom stereocenters. The van der Waals surface area contributed by atoms with E-state index >= 15 is 0 Å². The van der Waals surface area contributed by atoms with Crippen molar-refractivity contribution in [2.24, 2.45) is 0 Å². The fraction of sp³-hybridized carbons (Fsp3) is 0.200. The van der Waals surface area contributed by atoms with Crippen molar-refractivity contribution < 1.29 is 23.5 Å². The number of rotatable bonds is 8. The summed E-state index contributed by atoms with van der Waals surface area (Å²) < 4.78 is 24.0. The van der Waals surface area contributed by atoms with Crippen molar-refractivity contribution >= 4 is 34.3 Å². The number of amides is 1. The number of esters is 1. The Labute approximate surface area is 190 Å². The van der Waals surface area contributed by atoms with Gasteiger partial charge in [-0.25, -0.2) is 9.18 Å². The molecular formula is C25H24FNO4S. The lowest BCUT2D eigenvalue weighted by Gasteiger charge is -2.08. The summed E-state index contributed by atoms with van der Waals surface area (Å²) in [6, 6.07) is 13.3. The Hall–Kier alpha value is -3.45. The minimum absolute atomic E-state index is 0.245. The van der Waals surface area contributed by atoms with E-state index in [1.807, 2.05) is 38.1 Å². The molecule has 1 aromatic heterocycles. The van der Waals surface area contributed by atoms with Crippen LogP contribution in [0.2, 0.25) is 0 Å². The molecule has 7 heteroatoms. The van der Waals surface area contributed by atoms with Crippen LogP contribution in [0.4, 0.5) is 9.39 Å². The fourth-order valence-electron chi connectivity index (χ4n) is 3.17. The second-order valence-corrected chi connectivity index (χ2v) is 8.17. The van der Waals surface area contributed by atoms with Crippen LogP contribution >= 0.6 is 11.3 Å². The lowest BCUT2D eigenvalue weighted by molar-refractivity contribution is -0.111. The van der Waals surface area contributed by atoms with E-state index < -0.39 is 11.9 Å². The zero-order valence-electron chi connectivity index (χ0n) is 18.1. The Morgan fingerprint density at radius 1 is 1.12 bits per heavy atom. The molecule has 0 radical (unpaired) electrons. The molecular weight excluding hydrogens is 429 g/mol. The van der Waals surface area contributed by atoms with Crippen LogP contribution < -0.4 is 10.1 Å². The Balaban J connectivity index is 1.88. The molecule has 0 atom stereocenters. The number of para-hydroxylation sites is 1. The number of hydrogen-bond acceptors (Lipinski definition) is 5. The van der Waals surface area contributed by atoms with E-state index in [1.54, 1.807) is 18.2 Å². The van der Waals surface area contributed by atoms with Crippen molar-refractivity contribution in [3.05, 3.63) is 76.4 Å². The normalized spacial score (nSPS) is 10.9. The van der Waals surface area contributed by atoms with Gasteiger partial charge < -0.3 is 14.8 Å². The first-order valence-electron chi connectivity index (χ1n) is 10.1. The quantitative estimate of drug-likeness (QED) is 0.331. The van der Waals surface area contributed by atoms with E-state index in [-0.39, 0.29) is 11.4 Å². The Morgan fingerprint density at radius 3 is 2.53 bits per heavy atom. The standard InChI is InChI=1S/C25H24FNO4S/c1-4-15-31-20-8-6-5-7-17(20)11-14-21(28)27-24-23(25(29)30-3)22(16(2)32-24)18-9-12-19(26)13-10-18/h5-14H,4,15H2,1-3H3,(H,27,28)/b14-11+. The molecule has 1 heterocycles. The van der Waals surface area contributed by atoms with E-state index in [9.17, 15) is 14.0 Å². The van der Waals surface area contributed by atoms with Gasteiger partial charge in [0.25, 0.3) is 0 Å². The van der Waals surface area contributed by atoms with Crippen molar-refractivity contribution in [1.29, 1.82) is 0 Å². The summed E-state index contributed by atoms with van der Waals surface area (Å²) in [5, 5.41) is 3.15. The van der Waals surface area contributed by atoms with Crippen LogP contribution in [-0.4, -0.2) is 25.6 Å². The van der Waals surface area contributed by atoms with Gasteiger partial charge in [-0.2, -0.15) is 0 Å². The largest absolute Gasteiger partial charge is 0.493 e. The molecule has 3 aromatic rings. The number of benzene rings is 2. The predicted molar refractivity (Wildman–Crippen MR) is 126 cm³/mol. The molecule has 0 aliphatic rings. The number of methoxy groups -OCH3 is 1. The topological polar surface area (TPSA) is 64.6 Å². The third-order valence-corrected chi connectivity index (χ3v) is 5.66. The van der Waals surface area contributed by atoms with Gasteiger partial charge in [-0.1, -0.05) is 37.3 Å². The number of carbonyl (C=O) groups is 2. The molecule has 2 aromatic carbocycles. The summed E-state index contributed by atoms with van der Waals surface area (Å²) in [6.07, 6.45) is 3.93. The molecule has 1 N–H and O–H groups in total. The average molecular weight is 454 g/mol. The Bertz CT molecular complexity index is 1140. The van der Waals surface area contributed by atoms with Crippen molar-refractivity contribution in [2.45, 2.75) is 20.3 Å². The summed E-state index contributed by atoms with van der Waals surface area (Å²) in [6.45, 7) is 4.44. The molecule has 0 spiro atoms. The molecule has 32 heavy (non-hydrogen) atoms. The second-order valence-electron chi connectivity index (χ2n) is 6.94. The Kier molecular flexibility index (Phi) is 7.78. The van der Waals surface area contributed by atoms with Crippen LogP contribution in [0.3, 0.4) is 0 Å². The number of thiophene rings is 1. The minimum Gasteiger partial charge on any atom is -0.493 e. The SMILES string of the molecule is CCCOc1ccccc1/C=C/C(=O)Nc1sc(C)c(-c2ccc(F)cc2)c1C(=O)OC. The zero-order valence-corrected chi connectivity index (χ0v) is 18.9. The lowest BCUT2D eigenvalue weighted by atomic mass is 10.0. The maximum atomic E-state index is 13.4. The van der Waals surface area contributed by atoms with Crippen LogP contribution in [0.25, 0.3) is 17.2 Å². The van der Waals surface area contributed by atoms with Gasteiger partial charge in [-0.05, 0) is 43.2 Å². The van der Waals surface area contributed by atoms with E-state index in [1.165, 1.54) is 36.7 Å². The third-order valence-electron chi connectivity index (χ3n) is 4.64. The van der Waals surface area contributed by atoms with Crippen LogP contribution in [0.1, 0.15) is 34.1 Å². The summed E-state index contributed by atoms with van der Waals surface area (Å²) in [5.74, 6) is -0.652. The molecule has 0 saturated heterocycles. The van der Waals surface area contributed by atoms with Gasteiger partial charge in [0.2, 0.25) is 5.91 Å². The number of hydrogen-bond donors (Lipinski definition) is 1. The van der Waals surface area contributed by atoms with Crippen LogP contribution in [0, 0.1) is 12.7 Å². The van der Waals surface area contributed by atoms with E-state index in [0.29, 0.717) is 28.5 Å². The molecule has 166 valence electrons. The summed E-state index contributed by atoms with van der Waals surface area (Å²) in [5.41, 5.74) is 2.30. The zero-order chi connectivity index (χ0) is 23.1. The van der Waals surface area contributed by atoms with E-state index in [2.05, 4.69) is 5.32 Å².